The van der Waals surface area contributed by atoms with Gasteiger partial charge in [0.15, 0.2) is 0 Å². The Bertz CT molecular complexity index is 1570. The Kier molecular flexibility index (Phi) is 8.93. The molecular formula is C35H41ClFN5O3. The first-order chi connectivity index (χ1) is 21.9. The minimum absolute atomic E-state index is 0.0142. The molecule has 2 unspecified atom stereocenters. The Balaban J connectivity index is 1.09. The highest BCUT2D eigenvalue weighted by molar-refractivity contribution is 6.31. The zero-order chi connectivity index (χ0) is 30.8. The van der Waals surface area contributed by atoms with Crippen molar-refractivity contribution in [2.75, 3.05) is 36.9 Å². The van der Waals surface area contributed by atoms with Crippen molar-refractivity contribution in [3.63, 3.8) is 0 Å². The van der Waals surface area contributed by atoms with Crippen molar-refractivity contribution in [2.45, 2.75) is 76.4 Å². The third-order valence-corrected chi connectivity index (χ3v) is 10.5. The van der Waals surface area contributed by atoms with Gasteiger partial charge in [-0.2, -0.15) is 0 Å². The minimum atomic E-state index is -0.493. The largest absolute Gasteiger partial charge is 0.491 e. The molecule has 5 fully saturated rings. The highest BCUT2D eigenvalue weighted by Crippen LogP contribution is 2.54. The third-order valence-electron chi connectivity index (χ3n) is 10.2. The summed E-state index contributed by atoms with van der Waals surface area (Å²) in [4.78, 5) is 24.6. The highest BCUT2D eigenvalue weighted by atomic mass is 35.5. The first-order valence-corrected chi connectivity index (χ1v) is 16.8. The molecule has 1 spiro atoms. The fourth-order valence-corrected chi connectivity index (χ4v) is 8.02. The van der Waals surface area contributed by atoms with Gasteiger partial charge in [-0.25, -0.2) is 14.4 Å². The summed E-state index contributed by atoms with van der Waals surface area (Å²) in [5.41, 5.74) is 2.33. The maximum absolute atomic E-state index is 13.8. The molecule has 4 heterocycles. The van der Waals surface area contributed by atoms with E-state index in [-0.39, 0.29) is 10.9 Å². The van der Waals surface area contributed by atoms with E-state index >= 15 is 0 Å². The summed E-state index contributed by atoms with van der Waals surface area (Å²) in [5.74, 6) is 0.896. The molecule has 3 saturated heterocycles. The van der Waals surface area contributed by atoms with E-state index in [1.807, 2.05) is 18.2 Å². The Morgan fingerprint density at radius 2 is 2.00 bits per heavy atom. The first kappa shape index (κ1) is 30.4. The third kappa shape index (κ3) is 6.95. The number of rotatable bonds is 9. The summed E-state index contributed by atoms with van der Waals surface area (Å²) in [7, 11) is 0. The van der Waals surface area contributed by atoms with E-state index in [2.05, 4.69) is 25.5 Å². The van der Waals surface area contributed by atoms with Crippen LogP contribution in [-0.2, 0) is 9.53 Å². The molecule has 8 nitrogen and oxygen atoms in total. The van der Waals surface area contributed by atoms with Crippen LogP contribution in [-0.4, -0.2) is 59.2 Å². The molecule has 238 valence electrons. The van der Waals surface area contributed by atoms with Crippen LogP contribution in [0.3, 0.4) is 0 Å². The van der Waals surface area contributed by atoms with Crippen molar-refractivity contribution in [3.05, 3.63) is 59.7 Å². The SMILES string of the molecule is O=C(/C=C/CN1CC2CCCC1CO2)Nc1cc2c(Nc3ccc(F)c(Cl)c3)ncnc2cc1OCC1CC2(CCCCC2)C1. The van der Waals surface area contributed by atoms with Crippen molar-refractivity contribution in [2.24, 2.45) is 11.3 Å². The molecule has 1 amide bonds. The summed E-state index contributed by atoms with van der Waals surface area (Å²) in [6.07, 6.45) is 17.9. The van der Waals surface area contributed by atoms with Gasteiger partial charge >= 0.3 is 0 Å². The monoisotopic (exact) mass is 633 g/mol. The van der Waals surface area contributed by atoms with Gasteiger partial charge in [0.1, 0.15) is 23.7 Å². The molecule has 2 aromatic carbocycles. The maximum atomic E-state index is 13.8. The quantitative estimate of drug-likeness (QED) is 0.234. The number of fused-ring (bicyclic) bond motifs is 5. The van der Waals surface area contributed by atoms with Crippen LogP contribution in [0, 0.1) is 17.2 Å². The van der Waals surface area contributed by atoms with Crippen LogP contribution in [0.25, 0.3) is 10.9 Å². The molecule has 0 radical (unpaired) electrons. The summed E-state index contributed by atoms with van der Waals surface area (Å²) in [5, 5.41) is 6.99. The average molecular weight is 634 g/mol. The van der Waals surface area contributed by atoms with Crippen LogP contribution in [0.1, 0.15) is 64.2 Å². The molecule has 45 heavy (non-hydrogen) atoms. The second-order valence-electron chi connectivity index (χ2n) is 13.4. The molecule has 2 N–H and O–H groups in total. The lowest BCUT2D eigenvalue weighted by Crippen LogP contribution is -2.47. The maximum Gasteiger partial charge on any atom is 0.248 e. The average Bonchev–Trinajstić information content (AvgIpc) is 3.37. The standard InChI is InChI=1S/C35H41ClFN5O3/c36-28-14-24(9-10-29(28)37)40-34-27-15-31(41-33(43)8-5-13-42-19-26-7-4-6-25(42)21-44-26)32(16-30(27)38-22-39-34)45-20-23-17-35(18-23)11-2-1-3-12-35/h5,8-10,14-16,22-23,25-26H,1-4,6-7,11-13,17-21H2,(H,41,43)(H,38,39,40)/b8-5+. The van der Waals surface area contributed by atoms with E-state index in [1.54, 1.807) is 12.1 Å². The van der Waals surface area contributed by atoms with Crippen molar-refractivity contribution >= 4 is 45.6 Å². The van der Waals surface area contributed by atoms with Gasteiger partial charge in [0.25, 0.3) is 0 Å². The van der Waals surface area contributed by atoms with Gasteiger partial charge in [0.2, 0.25) is 5.91 Å². The van der Waals surface area contributed by atoms with Gasteiger partial charge in [0.05, 0.1) is 35.5 Å². The number of halogens is 2. The van der Waals surface area contributed by atoms with E-state index in [9.17, 15) is 9.18 Å². The number of ether oxygens (including phenoxy) is 2. The van der Waals surface area contributed by atoms with E-state index < -0.39 is 5.82 Å². The molecule has 2 saturated carbocycles. The van der Waals surface area contributed by atoms with Crippen molar-refractivity contribution < 1.29 is 18.7 Å². The van der Waals surface area contributed by atoms with E-state index in [4.69, 9.17) is 21.1 Å². The fourth-order valence-electron chi connectivity index (χ4n) is 7.84. The molecule has 5 aliphatic rings. The van der Waals surface area contributed by atoms with Crippen LogP contribution in [0.5, 0.6) is 5.75 Å². The second kappa shape index (κ2) is 13.2. The molecule has 2 aliphatic carbocycles. The number of nitrogens with one attached hydrogen (secondary N) is 2. The van der Waals surface area contributed by atoms with Crippen LogP contribution in [0.2, 0.25) is 5.02 Å². The summed E-state index contributed by atoms with van der Waals surface area (Å²) in [6.45, 7) is 3.00. The number of carbonyl (C=O) groups is 1. The molecule has 8 rings (SSSR count). The number of benzene rings is 2. The topological polar surface area (TPSA) is 88.6 Å². The number of aromatic nitrogens is 2. The number of nitrogens with zero attached hydrogens (tertiary/aromatic N) is 3. The highest BCUT2D eigenvalue weighted by Gasteiger charge is 2.44. The Morgan fingerprint density at radius 1 is 1.13 bits per heavy atom. The predicted octanol–water partition coefficient (Wildman–Crippen LogP) is 7.65. The number of hydrogen-bond donors (Lipinski definition) is 2. The summed E-state index contributed by atoms with van der Waals surface area (Å²) >= 11 is 6.02. The van der Waals surface area contributed by atoms with E-state index in [1.165, 1.54) is 69.8 Å². The smallest absolute Gasteiger partial charge is 0.248 e. The molecule has 2 atom stereocenters. The van der Waals surface area contributed by atoms with Crippen LogP contribution >= 0.6 is 11.6 Å². The van der Waals surface area contributed by atoms with Gasteiger partial charge < -0.3 is 20.1 Å². The first-order valence-electron chi connectivity index (χ1n) is 16.4. The lowest BCUT2D eigenvalue weighted by atomic mass is 9.56. The van der Waals surface area contributed by atoms with E-state index in [0.717, 1.165) is 26.0 Å². The lowest BCUT2D eigenvalue weighted by molar-refractivity contribution is -0.112. The van der Waals surface area contributed by atoms with Crippen molar-refractivity contribution in [1.82, 2.24) is 14.9 Å². The summed E-state index contributed by atoms with van der Waals surface area (Å²) in [6, 6.07) is 8.54. The molecule has 3 aliphatic heterocycles. The molecule has 1 aromatic heterocycles. The van der Waals surface area contributed by atoms with Crippen LogP contribution in [0.15, 0.2) is 48.8 Å². The van der Waals surface area contributed by atoms with Crippen LogP contribution in [0.4, 0.5) is 21.6 Å². The predicted molar refractivity (Wildman–Crippen MR) is 175 cm³/mol. The van der Waals surface area contributed by atoms with Gasteiger partial charge in [-0.3, -0.25) is 9.69 Å². The van der Waals surface area contributed by atoms with Gasteiger partial charge in [-0.05, 0) is 80.5 Å². The second-order valence-corrected chi connectivity index (χ2v) is 13.8. The number of morpholine rings is 1. The van der Waals surface area contributed by atoms with Gasteiger partial charge in [-0.1, -0.05) is 36.9 Å². The minimum Gasteiger partial charge on any atom is -0.491 e. The Hall–Kier alpha value is -3.27. The number of carbonyl (C=O) groups excluding carboxylic acids is 1. The molecule has 3 aromatic rings. The number of hydrogen-bond acceptors (Lipinski definition) is 7. The molecular weight excluding hydrogens is 593 g/mol. The number of anilines is 3. The fraction of sp³-hybridized carbons (Fsp3) is 0.514. The normalized spacial score (nSPS) is 23.2. The number of amides is 1. The molecule has 10 heteroatoms. The van der Waals surface area contributed by atoms with E-state index in [0.29, 0.717) is 70.5 Å². The van der Waals surface area contributed by atoms with Crippen molar-refractivity contribution in [1.29, 1.82) is 0 Å². The Morgan fingerprint density at radius 3 is 2.84 bits per heavy atom. The zero-order valence-corrected chi connectivity index (χ0v) is 26.3. The van der Waals surface area contributed by atoms with Crippen molar-refractivity contribution in [3.8, 4) is 5.75 Å². The van der Waals surface area contributed by atoms with Gasteiger partial charge in [0, 0.05) is 42.3 Å². The zero-order valence-electron chi connectivity index (χ0n) is 25.6. The lowest BCUT2D eigenvalue weighted by Gasteiger charge is -2.50. The van der Waals surface area contributed by atoms with Gasteiger partial charge in [-0.15, -0.1) is 0 Å². The summed E-state index contributed by atoms with van der Waals surface area (Å²) < 4.78 is 26.1. The van der Waals surface area contributed by atoms with Crippen LogP contribution < -0.4 is 15.4 Å². The molecule has 2 bridgehead atoms. The Labute approximate surface area is 268 Å².